The van der Waals surface area contributed by atoms with Crippen LogP contribution in [0.15, 0.2) is 59.8 Å². The second kappa shape index (κ2) is 8.81. The van der Waals surface area contributed by atoms with Crippen LogP contribution in [-0.4, -0.2) is 46.7 Å². The Hall–Kier alpha value is -3.88. The number of methoxy groups -OCH3 is 1. The number of rotatable bonds is 4. The number of hydrogen-bond donors (Lipinski definition) is 0. The molecule has 0 amide bonds. The maximum Gasteiger partial charge on any atom is 0.211 e. The van der Waals surface area contributed by atoms with Gasteiger partial charge >= 0.3 is 0 Å². The Bertz CT molecular complexity index is 1270. The highest BCUT2D eigenvalue weighted by molar-refractivity contribution is 6.01. The number of aromatic nitrogens is 2. The van der Waals surface area contributed by atoms with Gasteiger partial charge in [-0.15, -0.1) is 0 Å². The van der Waals surface area contributed by atoms with Crippen LogP contribution in [0.25, 0.3) is 11.8 Å². The number of nitrogens with zero attached hydrogens (tertiary/aromatic N) is 4. The minimum Gasteiger partial charge on any atom is -0.495 e. The third-order valence-electron chi connectivity index (χ3n) is 5.80. The van der Waals surface area contributed by atoms with Crippen molar-refractivity contribution in [3.8, 4) is 11.4 Å². The van der Waals surface area contributed by atoms with E-state index in [2.05, 4.69) is 10.1 Å². The molecule has 0 aliphatic carbocycles. The van der Waals surface area contributed by atoms with Crippen LogP contribution in [-0.2, 0) is 9.57 Å². The van der Waals surface area contributed by atoms with Crippen LogP contribution in [0.5, 0.6) is 5.75 Å². The van der Waals surface area contributed by atoms with E-state index in [1.807, 2.05) is 53.8 Å². The van der Waals surface area contributed by atoms with E-state index in [1.54, 1.807) is 13.4 Å². The number of aryl methyl sites for hydroxylation is 1. The summed E-state index contributed by atoms with van der Waals surface area (Å²) in [5.41, 5.74) is 3.08. The van der Waals surface area contributed by atoms with Gasteiger partial charge in [-0.3, -0.25) is 0 Å². The topological polar surface area (TPSA) is 61.1 Å². The summed E-state index contributed by atoms with van der Waals surface area (Å²) in [4.78, 5) is 11.7. The first-order valence-corrected chi connectivity index (χ1v) is 10.9. The van der Waals surface area contributed by atoms with Crippen molar-refractivity contribution in [1.29, 1.82) is 0 Å². The van der Waals surface area contributed by atoms with Crippen molar-refractivity contribution in [2.45, 2.75) is 26.0 Å². The molecule has 0 unspecified atom stereocenters. The first kappa shape index (κ1) is 21.9. The van der Waals surface area contributed by atoms with Crippen molar-refractivity contribution in [3.05, 3.63) is 83.1 Å². The summed E-state index contributed by atoms with van der Waals surface area (Å²) in [6, 6.07) is 8.89. The van der Waals surface area contributed by atoms with Crippen LogP contribution < -0.4 is 4.74 Å². The maximum atomic E-state index is 13.9. The van der Waals surface area contributed by atoms with Crippen molar-refractivity contribution in [2.75, 3.05) is 20.3 Å². The van der Waals surface area contributed by atoms with E-state index in [0.717, 1.165) is 23.0 Å². The van der Waals surface area contributed by atoms with Crippen molar-refractivity contribution in [2.24, 2.45) is 5.16 Å². The van der Waals surface area contributed by atoms with Gasteiger partial charge in [0.25, 0.3) is 0 Å². The van der Waals surface area contributed by atoms with Crippen LogP contribution in [0.3, 0.4) is 0 Å². The number of halogens is 2. The van der Waals surface area contributed by atoms with Crippen molar-refractivity contribution in [1.82, 2.24) is 14.5 Å². The third-order valence-corrected chi connectivity index (χ3v) is 5.80. The molecule has 34 heavy (non-hydrogen) atoms. The van der Waals surface area contributed by atoms with E-state index in [9.17, 15) is 8.78 Å². The molecule has 0 bridgehead atoms. The van der Waals surface area contributed by atoms with Crippen LogP contribution in [0.1, 0.15) is 29.8 Å². The van der Waals surface area contributed by atoms with Gasteiger partial charge < -0.3 is 23.8 Å². The molecule has 0 saturated carbocycles. The molecule has 176 valence electrons. The van der Waals surface area contributed by atoms with Gasteiger partial charge in [0.15, 0.2) is 5.76 Å². The molecule has 1 saturated heterocycles. The van der Waals surface area contributed by atoms with Crippen LogP contribution in [0, 0.1) is 18.6 Å². The van der Waals surface area contributed by atoms with E-state index in [-0.39, 0.29) is 12.7 Å². The summed E-state index contributed by atoms with van der Waals surface area (Å²) in [5.74, 6) is 0.399. The monoisotopic (exact) mass is 466 g/mol. The van der Waals surface area contributed by atoms with Gasteiger partial charge in [0.05, 0.1) is 37.4 Å². The van der Waals surface area contributed by atoms with Crippen molar-refractivity contribution in [3.63, 3.8) is 0 Å². The fraction of sp³-hybridized carbons (Fsp3) is 0.280. The normalized spacial score (nSPS) is 20.9. The smallest absolute Gasteiger partial charge is 0.211 e. The van der Waals surface area contributed by atoms with Crippen LogP contribution >= 0.6 is 0 Å². The second-order valence-electron chi connectivity index (χ2n) is 8.37. The van der Waals surface area contributed by atoms with E-state index in [1.165, 1.54) is 12.1 Å². The molecule has 2 aromatic carbocycles. The summed E-state index contributed by atoms with van der Waals surface area (Å²) in [6.07, 6.45) is 5.34. The van der Waals surface area contributed by atoms with E-state index in [0.29, 0.717) is 29.5 Å². The molecule has 2 aliphatic rings. The fourth-order valence-corrected chi connectivity index (χ4v) is 4.29. The molecule has 2 atom stereocenters. The van der Waals surface area contributed by atoms with Gasteiger partial charge in [-0.2, -0.15) is 0 Å². The zero-order valence-corrected chi connectivity index (χ0v) is 19.0. The summed E-state index contributed by atoms with van der Waals surface area (Å²) in [7, 11) is 1.61. The van der Waals surface area contributed by atoms with Crippen molar-refractivity contribution >= 4 is 11.9 Å². The van der Waals surface area contributed by atoms with Gasteiger partial charge in [0, 0.05) is 12.3 Å². The minimum atomic E-state index is -0.628. The lowest BCUT2D eigenvalue weighted by atomic mass is 10.0. The molecule has 9 heteroatoms. The molecule has 0 radical (unpaired) electrons. The Labute approximate surface area is 195 Å². The lowest BCUT2D eigenvalue weighted by Crippen LogP contribution is -2.49. The number of oxime groups is 1. The zero-order valence-electron chi connectivity index (χ0n) is 19.0. The fourth-order valence-electron chi connectivity index (χ4n) is 4.29. The highest BCUT2D eigenvalue weighted by Gasteiger charge is 2.37. The number of morpholine rings is 1. The number of ether oxygens (including phenoxy) is 2. The summed E-state index contributed by atoms with van der Waals surface area (Å²) < 4.78 is 41.4. The Morgan fingerprint density at radius 2 is 1.94 bits per heavy atom. The third kappa shape index (κ3) is 4.21. The quantitative estimate of drug-likeness (QED) is 0.562. The standard InChI is InChI=1S/C25H24F2N4O3/c1-15-11-30(14-28-15)21-5-4-17(6-23(21)32-3)7-24-25-29-33-13-22(31(25)12-16(2)34-24)18-8-19(26)10-20(27)9-18/h4-11,14,16,22H,12-13H2,1-3H3/b24-7-/t16-,22-/m1/s1. The van der Waals surface area contributed by atoms with Crippen LogP contribution in [0.2, 0.25) is 0 Å². The molecule has 1 aromatic heterocycles. The molecule has 1 fully saturated rings. The molecule has 0 spiro atoms. The van der Waals surface area contributed by atoms with E-state index in [4.69, 9.17) is 14.3 Å². The van der Waals surface area contributed by atoms with Gasteiger partial charge in [0.1, 0.15) is 30.1 Å². The summed E-state index contributed by atoms with van der Waals surface area (Å²) >= 11 is 0. The number of imidazole rings is 1. The largest absolute Gasteiger partial charge is 0.495 e. The summed E-state index contributed by atoms with van der Waals surface area (Å²) in [6.45, 7) is 4.55. The Morgan fingerprint density at radius 3 is 2.65 bits per heavy atom. The maximum absolute atomic E-state index is 13.9. The number of benzene rings is 2. The van der Waals surface area contributed by atoms with Gasteiger partial charge in [0.2, 0.25) is 5.84 Å². The van der Waals surface area contributed by atoms with Gasteiger partial charge in [-0.05, 0) is 55.3 Å². The molecular weight excluding hydrogens is 442 g/mol. The zero-order chi connectivity index (χ0) is 23.8. The lowest BCUT2D eigenvalue weighted by Gasteiger charge is -2.42. The van der Waals surface area contributed by atoms with Gasteiger partial charge in [-0.1, -0.05) is 11.2 Å². The predicted octanol–water partition coefficient (Wildman–Crippen LogP) is 4.61. The predicted molar refractivity (Wildman–Crippen MR) is 123 cm³/mol. The Balaban J connectivity index is 1.49. The Kier molecular flexibility index (Phi) is 5.69. The van der Waals surface area contributed by atoms with E-state index >= 15 is 0 Å². The first-order chi connectivity index (χ1) is 16.4. The average molecular weight is 466 g/mol. The first-order valence-electron chi connectivity index (χ1n) is 10.9. The second-order valence-corrected chi connectivity index (χ2v) is 8.37. The number of fused-ring (bicyclic) bond motifs is 1. The average Bonchev–Trinajstić information content (AvgIpc) is 3.24. The summed E-state index contributed by atoms with van der Waals surface area (Å²) in [5, 5.41) is 4.21. The molecule has 3 aromatic rings. The molecule has 7 nitrogen and oxygen atoms in total. The minimum absolute atomic E-state index is 0.167. The van der Waals surface area contributed by atoms with E-state index < -0.39 is 17.7 Å². The number of hydrogen-bond acceptors (Lipinski definition) is 6. The molecule has 2 aliphatic heterocycles. The number of amidine groups is 1. The Morgan fingerprint density at radius 1 is 1.15 bits per heavy atom. The van der Waals surface area contributed by atoms with Crippen molar-refractivity contribution < 1.29 is 23.1 Å². The van der Waals surface area contributed by atoms with Gasteiger partial charge in [-0.25, -0.2) is 13.8 Å². The lowest BCUT2D eigenvalue weighted by molar-refractivity contribution is 0.0121. The van der Waals surface area contributed by atoms with Crippen LogP contribution in [0.4, 0.5) is 8.78 Å². The molecule has 0 N–H and O–H groups in total. The molecular formula is C25H24F2N4O3. The molecule has 3 heterocycles. The molecule has 5 rings (SSSR count). The highest BCUT2D eigenvalue weighted by Crippen LogP contribution is 2.33. The highest BCUT2D eigenvalue weighted by atomic mass is 19.1. The SMILES string of the molecule is COc1cc(/C=C2\O[C@H](C)CN3C2=NOC[C@@H]3c2cc(F)cc(F)c2)ccc1-n1cnc(C)c1.